The first-order chi connectivity index (χ1) is 13.6. The van der Waals surface area contributed by atoms with Gasteiger partial charge >= 0.3 is 0 Å². The summed E-state index contributed by atoms with van der Waals surface area (Å²) in [7, 11) is 0. The highest BCUT2D eigenvalue weighted by molar-refractivity contribution is 5.97. The van der Waals surface area contributed by atoms with Gasteiger partial charge in [-0.3, -0.25) is 4.79 Å². The van der Waals surface area contributed by atoms with Crippen molar-refractivity contribution in [2.45, 2.75) is 13.0 Å². The summed E-state index contributed by atoms with van der Waals surface area (Å²) in [6.07, 6.45) is 2.20. The van der Waals surface area contributed by atoms with E-state index in [0.717, 1.165) is 11.6 Å². The largest absolute Gasteiger partial charge is 0.463 e. The van der Waals surface area contributed by atoms with Crippen LogP contribution < -0.4 is 5.32 Å². The van der Waals surface area contributed by atoms with Gasteiger partial charge in [0.15, 0.2) is 17.2 Å². The maximum absolute atomic E-state index is 14.1. The Morgan fingerprint density at radius 3 is 2.68 bits per heavy atom. The molecule has 2 aromatic carbocycles. The second-order valence-electron chi connectivity index (χ2n) is 6.49. The number of carbonyl (C=O) groups excluding carboxylic acids is 1. The lowest BCUT2D eigenvalue weighted by molar-refractivity contribution is 0.0945. The Morgan fingerprint density at radius 2 is 1.86 bits per heavy atom. The van der Waals surface area contributed by atoms with E-state index in [9.17, 15) is 13.6 Å². The van der Waals surface area contributed by atoms with Crippen molar-refractivity contribution in [3.05, 3.63) is 95.4 Å². The van der Waals surface area contributed by atoms with Crippen LogP contribution in [-0.4, -0.2) is 17.0 Å². The average Bonchev–Trinajstić information content (AvgIpc) is 3.29. The lowest BCUT2D eigenvalue weighted by Crippen LogP contribution is -2.28. The number of benzene rings is 2. The van der Waals surface area contributed by atoms with Crippen LogP contribution >= 0.6 is 0 Å². The van der Waals surface area contributed by atoms with Gasteiger partial charge in [0.2, 0.25) is 0 Å². The standard InChI is InChI=1S/C22H18F2N2O2/c23-17-8-4-7-16(21(17)24)14-26-18-10-12-28-20(18)13-19(26)22(27)25-11-9-15-5-2-1-3-6-15/h1-8,10,12-13H,9,11,14H2,(H,25,27). The molecule has 0 saturated heterocycles. The van der Waals surface area contributed by atoms with E-state index in [2.05, 4.69) is 5.32 Å². The van der Waals surface area contributed by atoms with Gasteiger partial charge in [0, 0.05) is 24.2 Å². The first-order valence-electron chi connectivity index (χ1n) is 8.95. The highest BCUT2D eigenvalue weighted by atomic mass is 19.2. The predicted molar refractivity (Wildman–Crippen MR) is 102 cm³/mol. The lowest BCUT2D eigenvalue weighted by Gasteiger charge is -2.11. The lowest BCUT2D eigenvalue weighted by atomic mass is 10.1. The van der Waals surface area contributed by atoms with E-state index in [4.69, 9.17) is 4.42 Å². The fraction of sp³-hybridized carbons (Fsp3) is 0.136. The van der Waals surface area contributed by atoms with E-state index in [1.807, 2.05) is 30.3 Å². The summed E-state index contributed by atoms with van der Waals surface area (Å²) in [5.41, 5.74) is 2.79. The van der Waals surface area contributed by atoms with Crippen LogP contribution in [0.25, 0.3) is 11.1 Å². The molecule has 6 heteroatoms. The molecule has 0 fully saturated rings. The number of amides is 1. The number of furan rings is 1. The molecule has 1 amide bonds. The maximum Gasteiger partial charge on any atom is 0.268 e. The Morgan fingerprint density at radius 1 is 1.04 bits per heavy atom. The van der Waals surface area contributed by atoms with Gasteiger partial charge in [-0.25, -0.2) is 8.78 Å². The van der Waals surface area contributed by atoms with E-state index >= 15 is 0 Å². The van der Waals surface area contributed by atoms with Crippen molar-refractivity contribution in [3.8, 4) is 0 Å². The van der Waals surface area contributed by atoms with E-state index in [0.29, 0.717) is 29.8 Å². The number of nitrogens with zero attached hydrogens (tertiary/aromatic N) is 1. The third kappa shape index (κ3) is 3.53. The van der Waals surface area contributed by atoms with E-state index in [1.54, 1.807) is 16.7 Å². The molecule has 0 saturated carbocycles. The van der Waals surface area contributed by atoms with Crippen molar-refractivity contribution < 1.29 is 18.0 Å². The Hall–Kier alpha value is -3.41. The quantitative estimate of drug-likeness (QED) is 0.534. The van der Waals surface area contributed by atoms with E-state index in [1.165, 1.54) is 18.4 Å². The van der Waals surface area contributed by atoms with E-state index in [-0.39, 0.29) is 18.0 Å². The molecule has 0 bridgehead atoms. The van der Waals surface area contributed by atoms with Crippen molar-refractivity contribution in [2.75, 3.05) is 6.54 Å². The highest BCUT2D eigenvalue weighted by Crippen LogP contribution is 2.24. The summed E-state index contributed by atoms with van der Waals surface area (Å²) in [5, 5.41) is 2.88. The molecule has 0 aliphatic rings. The molecule has 2 aromatic heterocycles. The minimum atomic E-state index is -0.915. The van der Waals surface area contributed by atoms with Crippen LogP contribution in [-0.2, 0) is 13.0 Å². The molecular weight excluding hydrogens is 362 g/mol. The van der Waals surface area contributed by atoms with Crippen LogP contribution in [0.4, 0.5) is 8.78 Å². The predicted octanol–water partition coefficient (Wildman–Crippen LogP) is 4.53. The Kier molecular flexibility index (Phi) is 4.93. The summed E-state index contributed by atoms with van der Waals surface area (Å²) < 4.78 is 34.7. The number of nitrogens with one attached hydrogen (secondary N) is 1. The number of aromatic nitrogens is 1. The number of hydrogen-bond acceptors (Lipinski definition) is 2. The maximum atomic E-state index is 14.1. The molecule has 4 rings (SSSR count). The Balaban J connectivity index is 1.56. The number of hydrogen-bond donors (Lipinski definition) is 1. The zero-order chi connectivity index (χ0) is 19.5. The minimum absolute atomic E-state index is 0.0219. The van der Waals surface area contributed by atoms with Crippen LogP contribution in [0.1, 0.15) is 21.6 Å². The third-order valence-electron chi connectivity index (χ3n) is 4.66. The normalized spacial score (nSPS) is 11.1. The summed E-state index contributed by atoms with van der Waals surface area (Å²) in [5.74, 6) is -2.12. The SMILES string of the molecule is O=C(NCCc1ccccc1)c1cc2occc2n1Cc1cccc(F)c1F. The minimum Gasteiger partial charge on any atom is -0.463 e. The fourth-order valence-electron chi connectivity index (χ4n) is 3.23. The average molecular weight is 380 g/mol. The van der Waals surface area contributed by atoms with Crippen molar-refractivity contribution in [1.29, 1.82) is 0 Å². The zero-order valence-electron chi connectivity index (χ0n) is 15.0. The molecule has 0 radical (unpaired) electrons. The number of halogens is 2. The van der Waals surface area contributed by atoms with Crippen molar-refractivity contribution in [3.63, 3.8) is 0 Å². The summed E-state index contributed by atoms with van der Waals surface area (Å²) in [4.78, 5) is 12.7. The zero-order valence-corrected chi connectivity index (χ0v) is 15.0. The molecule has 4 aromatic rings. The summed E-state index contributed by atoms with van der Waals surface area (Å²) >= 11 is 0. The molecule has 142 valence electrons. The Bertz CT molecular complexity index is 1120. The van der Waals surface area contributed by atoms with Crippen molar-refractivity contribution in [2.24, 2.45) is 0 Å². The van der Waals surface area contributed by atoms with Crippen molar-refractivity contribution >= 4 is 17.0 Å². The molecule has 0 unspecified atom stereocenters. The van der Waals surface area contributed by atoms with Gasteiger partial charge in [0.1, 0.15) is 5.69 Å². The van der Waals surface area contributed by atoms with Crippen LogP contribution in [0.2, 0.25) is 0 Å². The second kappa shape index (κ2) is 7.68. The topological polar surface area (TPSA) is 47.2 Å². The molecule has 0 atom stereocenters. The summed E-state index contributed by atoms with van der Waals surface area (Å²) in [6, 6.07) is 17.2. The summed E-state index contributed by atoms with van der Waals surface area (Å²) in [6.45, 7) is 0.484. The van der Waals surface area contributed by atoms with E-state index < -0.39 is 11.6 Å². The third-order valence-corrected chi connectivity index (χ3v) is 4.66. The molecule has 4 nitrogen and oxygen atoms in total. The van der Waals surface area contributed by atoms with Crippen LogP contribution in [0.15, 0.2) is 71.3 Å². The molecule has 28 heavy (non-hydrogen) atoms. The second-order valence-corrected chi connectivity index (χ2v) is 6.49. The first-order valence-corrected chi connectivity index (χ1v) is 8.95. The number of rotatable bonds is 6. The fourth-order valence-corrected chi connectivity index (χ4v) is 3.23. The molecule has 0 aliphatic carbocycles. The smallest absolute Gasteiger partial charge is 0.268 e. The van der Waals surface area contributed by atoms with Crippen LogP contribution in [0.5, 0.6) is 0 Å². The van der Waals surface area contributed by atoms with Gasteiger partial charge in [0.25, 0.3) is 5.91 Å². The van der Waals surface area contributed by atoms with Crippen molar-refractivity contribution in [1.82, 2.24) is 9.88 Å². The molecule has 1 N–H and O–H groups in total. The van der Waals surface area contributed by atoms with Crippen LogP contribution in [0.3, 0.4) is 0 Å². The van der Waals surface area contributed by atoms with Gasteiger partial charge in [0.05, 0.1) is 18.3 Å². The van der Waals surface area contributed by atoms with Gasteiger partial charge < -0.3 is 14.3 Å². The molecule has 2 heterocycles. The number of carbonyl (C=O) groups is 1. The van der Waals surface area contributed by atoms with Gasteiger partial charge in [-0.2, -0.15) is 0 Å². The molecule has 0 aliphatic heterocycles. The molecule has 0 spiro atoms. The monoisotopic (exact) mass is 380 g/mol. The van der Waals surface area contributed by atoms with Gasteiger partial charge in [-0.1, -0.05) is 42.5 Å². The van der Waals surface area contributed by atoms with Crippen LogP contribution in [0, 0.1) is 11.6 Å². The first kappa shape index (κ1) is 18.0. The highest BCUT2D eigenvalue weighted by Gasteiger charge is 2.19. The van der Waals surface area contributed by atoms with Gasteiger partial charge in [-0.15, -0.1) is 0 Å². The van der Waals surface area contributed by atoms with Gasteiger partial charge in [-0.05, 0) is 18.1 Å². The number of fused-ring (bicyclic) bond motifs is 1. The molecular formula is C22H18F2N2O2. The Labute approximate surface area is 160 Å².